The molecule has 140 valence electrons. The highest BCUT2D eigenvalue weighted by Gasteiger charge is 2.06. The highest BCUT2D eigenvalue weighted by molar-refractivity contribution is 7.20. The van der Waals surface area contributed by atoms with Crippen LogP contribution in [0.1, 0.15) is 11.3 Å². The molecule has 27 heavy (non-hydrogen) atoms. The smallest absolute Gasteiger partial charge is 0.244 e. The Balaban J connectivity index is 1.49. The lowest BCUT2D eigenvalue weighted by Crippen LogP contribution is -2.23. The Kier molecular flexibility index (Phi) is 6.62. The van der Waals surface area contributed by atoms with E-state index >= 15 is 0 Å². The van der Waals surface area contributed by atoms with Crippen LogP contribution in [0.4, 0.5) is 0 Å². The highest BCUT2D eigenvalue weighted by atomic mass is 32.1. The van der Waals surface area contributed by atoms with Gasteiger partial charge in [-0.05, 0) is 35.2 Å². The largest absolute Gasteiger partial charge is 0.493 e. The second-order valence-electron chi connectivity index (χ2n) is 5.61. The Hall–Kier alpha value is -2.64. The number of nitrogens with one attached hydrogen (secondary N) is 1. The van der Waals surface area contributed by atoms with Gasteiger partial charge in [-0.15, -0.1) is 22.7 Å². The molecule has 0 aliphatic carbocycles. The highest BCUT2D eigenvalue weighted by Crippen LogP contribution is 2.28. The van der Waals surface area contributed by atoms with Crippen molar-refractivity contribution in [1.29, 1.82) is 0 Å². The lowest BCUT2D eigenvalue weighted by atomic mass is 10.2. The first-order chi connectivity index (χ1) is 13.2. The van der Waals surface area contributed by atoms with Crippen molar-refractivity contribution in [3.63, 3.8) is 0 Å². The maximum Gasteiger partial charge on any atom is 0.244 e. The molecule has 2 heterocycles. The van der Waals surface area contributed by atoms with Crippen molar-refractivity contribution in [2.75, 3.05) is 20.8 Å². The van der Waals surface area contributed by atoms with E-state index in [1.165, 1.54) is 11.0 Å². The summed E-state index contributed by atoms with van der Waals surface area (Å²) < 4.78 is 10.5. The molecule has 3 aromatic rings. The molecule has 0 fully saturated rings. The molecular formula is C20H20N2O3S2. The molecule has 2 aromatic heterocycles. The van der Waals surface area contributed by atoms with Crippen molar-refractivity contribution in [3.05, 3.63) is 58.4 Å². The first kappa shape index (κ1) is 19.1. The fraction of sp³-hybridized carbons (Fsp3) is 0.200. The number of thiazole rings is 1. The Morgan fingerprint density at radius 2 is 2.04 bits per heavy atom. The van der Waals surface area contributed by atoms with Gasteiger partial charge in [0.15, 0.2) is 11.5 Å². The van der Waals surface area contributed by atoms with Crippen molar-refractivity contribution < 1.29 is 14.3 Å². The monoisotopic (exact) mass is 400 g/mol. The van der Waals surface area contributed by atoms with Crippen molar-refractivity contribution >= 4 is 34.7 Å². The topological polar surface area (TPSA) is 60.5 Å². The third-order valence-electron chi connectivity index (χ3n) is 3.80. The Morgan fingerprint density at radius 3 is 2.78 bits per heavy atom. The number of ether oxygens (including phenoxy) is 2. The SMILES string of the molecule is COc1ccc(C=CC(=O)NCCc2csc(-c3cccs3)n2)cc1OC. The molecule has 7 heteroatoms. The molecule has 0 unspecified atom stereocenters. The molecule has 0 bridgehead atoms. The number of hydrogen-bond acceptors (Lipinski definition) is 6. The van der Waals surface area contributed by atoms with Crippen LogP contribution in [0, 0.1) is 0 Å². The predicted molar refractivity (Wildman–Crippen MR) is 111 cm³/mol. The van der Waals surface area contributed by atoms with E-state index in [1.54, 1.807) is 43.0 Å². The van der Waals surface area contributed by atoms with Crippen LogP contribution in [-0.2, 0) is 11.2 Å². The lowest BCUT2D eigenvalue weighted by Gasteiger charge is -2.07. The number of carbonyl (C=O) groups excluding carboxylic acids is 1. The summed E-state index contributed by atoms with van der Waals surface area (Å²) in [4.78, 5) is 17.8. The number of benzene rings is 1. The molecule has 5 nitrogen and oxygen atoms in total. The number of carbonyl (C=O) groups is 1. The summed E-state index contributed by atoms with van der Waals surface area (Å²) in [7, 11) is 3.17. The lowest BCUT2D eigenvalue weighted by molar-refractivity contribution is -0.116. The molecule has 3 rings (SSSR count). The predicted octanol–water partition coefficient (Wildman–Crippen LogP) is 4.26. The van der Waals surface area contributed by atoms with Gasteiger partial charge in [-0.3, -0.25) is 4.79 Å². The molecule has 0 spiro atoms. The molecule has 0 radical (unpaired) electrons. The van der Waals surface area contributed by atoms with Gasteiger partial charge in [-0.25, -0.2) is 4.98 Å². The molecule has 0 aliphatic heterocycles. The average Bonchev–Trinajstić information content (AvgIpc) is 3.37. The molecule has 1 amide bonds. The second-order valence-corrected chi connectivity index (χ2v) is 7.42. The van der Waals surface area contributed by atoms with Gasteiger partial charge < -0.3 is 14.8 Å². The van der Waals surface area contributed by atoms with Gasteiger partial charge in [-0.1, -0.05) is 12.1 Å². The molecule has 0 saturated carbocycles. The minimum atomic E-state index is -0.140. The van der Waals surface area contributed by atoms with E-state index in [0.717, 1.165) is 16.3 Å². The second kappa shape index (κ2) is 9.34. The van der Waals surface area contributed by atoms with Crippen LogP contribution in [0.5, 0.6) is 11.5 Å². The van der Waals surface area contributed by atoms with Gasteiger partial charge in [0.05, 0.1) is 24.8 Å². The Morgan fingerprint density at radius 1 is 1.19 bits per heavy atom. The number of aromatic nitrogens is 1. The van der Waals surface area contributed by atoms with Gasteiger partial charge in [0.2, 0.25) is 5.91 Å². The Bertz CT molecular complexity index is 917. The minimum Gasteiger partial charge on any atom is -0.493 e. The van der Waals surface area contributed by atoms with Crippen molar-refractivity contribution in [2.24, 2.45) is 0 Å². The van der Waals surface area contributed by atoms with E-state index in [2.05, 4.69) is 16.4 Å². The van der Waals surface area contributed by atoms with Gasteiger partial charge in [0.1, 0.15) is 5.01 Å². The normalized spacial score (nSPS) is 10.9. The summed E-state index contributed by atoms with van der Waals surface area (Å²) >= 11 is 3.31. The summed E-state index contributed by atoms with van der Waals surface area (Å²) in [5.41, 5.74) is 1.86. The number of rotatable bonds is 8. The molecule has 1 aromatic carbocycles. The Labute approximate surface area is 166 Å². The first-order valence-corrected chi connectivity index (χ1v) is 10.1. The van der Waals surface area contributed by atoms with Crippen molar-refractivity contribution in [1.82, 2.24) is 10.3 Å². The van der Waals surface area contributed by atoms with Crippen LogP contribution in [0.2, 0.25) is 0 Å². The summed E-state index contributed by atoms with van der Waals surface area (Å²) in [6, 6.07) is 9.58. The van der Waals surface area contributed by atoms with Gasteiger partial charge in [0.25, 0.3) is 0 Å². The third-order valence-corrected chi connectivity index (χ3v) is 5.73. The van der Waals surface area contributed by atoms with Crippen molar-refractivity contribution in [3.8, 4) is 21.4 Å². The maximum absolute atomic E-state index is 12.0. The summed E-state index contributed by atoms with van der Waals surface area (Å²) in [5.74, 6) is 1.15. The van der Waals surface area contributed by atoms with E-state index in [-0.39, 0.29) is 5.91 Å². The number of methoxy groups -OCH3 is 2. The maximum atomic E-state index is 12.0. The van der Waals surface area contributed by atoms with E-state index < -0.39 is 0 Å². The average molecular weight is 401 g/mol. The summed E-state index contributed by atoms with van der Waals surface area (Å²) in [5, 5.41) is 7.99. The fourth-order valence-corrected chi connectivity index (χ4v) is 4.10. The minimum absolute atomic E-state index is 0.140. The van der Waals surface area contributed by atoms with Gasteiger partial charge in [0, 0.05) is 24.4 Å². The molecule has 1 N–H and O–H groups in total. The first-order valence-electron chi connectivity index (χ1n) is 8.36. The third kappa shape index (κ3) is 5.18. The van der Waals surface area contributed by atoms with E-state index in [1.807, 2.05) is 35.0 Å². The number of nitrogens with zero attached hydrogens (tertiary/aromatic N) is 1. The van der Waals surface area contributed by atoms with E-state index in [0.29, 0.717) is 24.5 Å². The van der Waals surface area contributed by atoms with E-state index in [4.69, 9.17) is 9.47 Å². The van der Waals surface area contributed by atoms with Crippen LogP contribution in [0.3, 0.4) is 0 Å². The van der Waals surface area contributed by atoms with Gasteiger partial charge in [-0.2, -0.15) is 0 Å². The summed E-state index contributed by atoms with van der Waals surface area (Å²) in [6.45, 7) is 0.544. The zero-order valence-electron chi connectivity index (χ0n) is 15.1. The molecule has 0 atom stereocenters. The zero-order chi connectivity index (χ0) is 19.1. The van der Waals surface area contributed by atoms with E-state index in [9.17, 15) is 4.79 Å². The van der Waals surface area contributed by atoms with Crippen LogP contribution in [-0.4, -0.2) is 31.7 Å². The van der Waals surface area contributed by atoms with Crippen LogP contribution >= 0.6 is 22.7 Å². The number of amides is 1. The van der Waals surface area contributed by atoms with Crippen LogP contribution in [0.25, 0.3) is 16.0 Å². The number of thiophene rings is 1. The quantitative estimate of drug-likeness (QED) is 0.574. The molecule has 0 saturated heterocycles. The summed E-state index contributed by atoms with van der Waals surface area (Å²) in [6.07, 6.45) is 3.96. The zero-order valence-corrected chi connectivity index (χ0v) is 16.7. The van der Waals surface area contributed by atoms with Crippen LogP contribution < -0.4 is 14.8 Å². The van der Waals surface area contributed by atoms with Crippen molar-refractivity contribution in [2.45, 2.75) is 6.42 Å². The van der Waals surface area contributed by atoms with Crippen LogP contribution in [0.15, 0.2) is 47.2 Å². The number of hydrogen-bond donors (Lipinski definition) is 1. The molecule has 0 aliphatic rings. The van der Waals surface area contributed by atoms with Gasteiger partial charge >= 0.3 is 0 Å². The standard InChI is InChI=1S/C20H20N2O3S2/c1-24-16-7-5-14(12-17(16)25-2)6-8-19(23)21-10-9-15-13-27-20(22-15)18-4-3-11-26-18/h3-8,11-13H,9-10H2,1-2H3,(H,21,23). The molecular weight excluding hydrogens is 380 g/mol. The fourth-order valence-electron chi connectivity index (χ4n) is 2.44.